The fourth-order valence-corrected chi connectivity index (χ4v) is 1.72. The highest BCUT2D eigenvalue weighted by Crippen LogP contribution is 2.21. The van der Waals surface area contributed by atoms with E-state index < -0.39 is 0 Å². The summed E-state index contributed by atoms with van der Waals surface area (Å²) >= 11 is 1.24. The van der Waals surface area contributed by atoms with Gasteiger partial charge >= 0.3 is 0 Å². The van der Waals surface area contributed by atoms with E-state index in [1.807, 2.05) is 12.2 Å². The third-order valence-corrected chi connectivity index (χ3v) is 2.84. The van der Waals surface area contributed by atoms with Crippen molar-refractivity contribution in [3.05, 3.63) is 35.4 Å². The van der Waals surface area contributed by atoms with Gasteiger partial charge in [-0.15, -0.1) is 0 Å². The number of ether oxygens (including phenoxy) is 1. The van der Waals surface area contributed by atoms with Crippen molar-refractivity contribution in [2.75, 3.05) is 12.9 Å². The Bertz CT molecular complexity index is 438. The minimum absolute atomic E-state index is 0.0863. The highest BCUT2D eigenvalue weighted by Gasteiger charge is 2.00. The van der Waals surface area contributed by atoms with E-state index in [1.54, 1.807) is 25.3 Å². The molecule has 0 spiro atoms. The van der Waals surface area contributed by atoms with Crippen LogP contribution in [-0.2, 0) is 4.79 Å². The molecule has 0 saturated carbocycles. The number of rotatable bonds is 5. The van der Waals surface area contributed by atoms with E-state index in [2.05, 4.69) is 0 Å². The van der Waals surface area contributed by atoms with E-state index in [-0.39, 0.29) is 5.12 Å². The first-order chi connectivity index (χ1) is 8.17. The van der Waals surface area contributed by atoms with Crippen molar-refractivity contribution >= 4 is 29.2 Å². The van der Waals surface area contributed by atoms with Gasteiger partial charge in [-0.1, -0.05) is 23.9 Å². The van der Waals surface area contributed by atoms with E-state index in [4.69, 9.17) is 4.74 Å². The summed E-state index contributed by atoms with van der Waals surface area (Å²) in [5, 5.41) is 0.0863. The lowest BCUT2D eigenvalue weighted by molar-refractivity contribution is -0.109. The van der Waals surface area contributed by atoms with Crippen molar-refractivity contribution in [3.8, 4) is 5.75 Å². The molecule has 3 nitrogen and oxygen atoms in total. The molecule has 0 radical (unpaired) electrons. The van der Waals surface area contributed by atoms with Gasteiger partial charge in [0.15, 0.2) is 5.12 Å². The molecule has 1 aromatic carbocycles. The predicted octanol–water partition coefficient (Wildman–Crippen LogP) is 2.80. The number of carbonyl (C=O) groups excluding carboxylic acids is 2. The maximum Gasteiger partial charge on any atom is 0.186 e. The average molecular weight is 250 g/mol. The molecule has 0 bridgehead atoms. The topological polar surface area (TPSA) is 43.4 Å². The summed E-state index contributed by atoms with van der Waals surface area (Å²) in [6.07, 6.45) is 4.52. The van der Waals surface area contributed by atoms with E-state index >= 15 is 0 Å². The Kier molecular flexibility index (Phi) is 5.49. The number of hydrogen-bond acceptors (Lipinski definition) is 4. The molecule has 4 heteroatoms. The maximum atomic E-state index is 10.7. The Morgan fingerprint density at radius 1 is 1.47 bits per heavy atom. The Hall–Kier alpha value is -1.55. The first-order valence-electron chi connectivity index (χ1n) is 5.10. The molecule has 0 aliphatic heterocycles. The third-order valence-electron chi connectivity index (χ3n) is 2.07. The minimum Gasteiger partial charge on any atom is -0.496 e. The summed E-state index contributed by atoms with van der Waals surface area (Å²) in [5.41, 5.74) is 1.44. The van der Waals surface area contributed by atoms with Crippen LogP contribution in [0.2, 0.25) is 0 Å². The fraction of sp³-hybridized carbons (Fsp3) is 0.231. The smallest absolute Gasteiger partial charge is 0.186 e. The number of hydrogen-bond donors (Lipinski definition) is 0. The van der Waals surface area contributed by atoms with Gasteiger partial charge in [0.05, 0.1) is 7.11 Å². The maximum absolute atomic E-state index is 10.7. The summed E-state index contributed by atoms with van der Waals surface area (Å²) in [5.74, 6) is 1.32. The quantitative estimate of drug-likeness (QED) is 0.754. The first kappa shape index (κ1) is 13.5. The van der Waals surface area contributed by atoms with Gasteiger partial charge in [-0.3, -0.25) is 9.59 Å². The second kappa shape index (κ2) is 6.91. The van der Waals surface area contributed by atoms with Crippen molar-refractivity contribution in [3.63, 3.8) is 0 Å². The van der Waals surface area contributed by atoms with Crippen LogP contribution in [0.15, 0.2) is 24.3 Å². The van der Waals surface area contributed by atoms with Crippen molar-refractivity contribution < 1.29 is 14.3 Å². The van der Waals surface area contributed by atoms with Crippen molar-refractivity contribution in [1.29, 1.82) is 0 Å². The second-order valence-electron chi connectivity index (χ2n) is 3.32. The predicted molar refractivity (Wildman–Crippen MR) is 70.6 cm³/mol. The summed E-state index contributed by atoms with van der Waals surface area (Å²) in [6.45, 7) is 1.53. The zero-order valence-corrected chi connectivity index (χ0v) is 10.6. The number of carbonyl (C=O) groups is 2. The molecule has 0 saturated heterocycles. The molecule has 1 aromatic rings. The average Bonchev–Trinajstić information content (AvgIpc) is 2.34. The van der Waals surface area contributed by atoms with Crippen LogP contribution in [0.5, 0.6) is 5.75 Å². The molecule has 0 unspecified atom stereocenters. The van der Waals surface area contributed by atoms with Crippen LogP contribution in [0.1, 0.15) is 22.8 Å². The van der Waals surface area contributed by atoms with Crippen LogP contribution >= 0.6 is 11.8 Å². The normalized spacial score (nSPS) is 10.5. The number of thioether (sulfide) groups is 1. The van der Waals surface area contributed by atoms with E-state index in [9.17, 15) is 9.59 Å². The fourth-order valence-electron chi connectivity index (χ4n) is 1.30. The lowest BCUT2D eigenvalue weighted by atomic mass is 10.1. The SMILES string of the molecule is COc1ccc(C=O)cc1C=CCSC(C)=O. The number of methoxy groups -OCH3 is 1. The molecule has 0 atom stereocenters. The second-order valence-corrected chi connectivity index (χ2v) is 4.52. The highest BCUT2D eigenvalue weighted by molar-refractivity contribution is 8.13. The molecule has 0 amide bonds. The molecule has 0 aliphatic carbocycles. The zero-order chi connectivity index (χ0) is 12.7. The van der Waals surface area contributed by atoms with Crippen LogP contribution in [0.3, 0.4) is 0 Å². The molecule has 1 rings (SSSR count). The van der Waals surface area contributed by atoms with Gasteiger partial charge in [0, 0.05) is 23.8 Å². The molecular formula is C13H14O3S. The lowest BCUT2D eigenvalue weighted by Gasteiger charge is -2.04. The van der Waals surface area contributed by atoms with Crippen LogP contribution < -0.4 is 4.74 Å². The van der Waals surface area contributed by atoms with Crippen LogP contribution in [0.25, 0.3) is 6.08 Å². The molecule has 0 fully saturated rings. The Morgan fingerprint density at radius 3 is 2.82 bits per heavy atom. The Labute approximate surface area is 105 Å². The summed E-state index contributed by atoms with van der Waals surface area (Å²) in [6, 6.07) is 5.20. The van der Waals surface area contributed by atoms with Gasteiger partial charge in [0.1, 0.15) is 12.0 Å². The molecule has 90 valence electrons. The van der Waals surface area contributed by atoms with Gasteiger partial charge in [-0.25, -0.2) is 0 Å². The molecule has 0 heterocycles. The van der Waals surface area contributed by atoms with Crippen LogP contribution in [-0.4, -0.2) is 24.3 Å². The van der Waals surface area contributed by atoms with Gasteiger partial charge in [0.25, 0.3) is 0 Å². The van der Waals surface area contributed by atoms with Crippen LogP contribution in [0.4, 0.5) is 0 Å². The van der Waals surface area contributed by atoms with Gasteiger partial charge in [-0.05, 0) is 18.2 Å². The molecule has 0 aliphatic rings. The molecule has 17 heavy (non-hydrogen) atoms. The highest BCUT2D eigenvalue weighted by atomic mass is 32.2. The monoisotopic (exact) mass is 250 g/mol. The van der Waals surface area contributed by atoms with E-state index in [0.29, 0.717) is 17.1 Å². The molecule has 0 aromatic heterocycles. The van der Waals surface area contributed by atoms with Crippen molar-refractivity contribution in [2.24, 2.45) is 0 Å². The minimum atomic E-state index is 0.0863. The summed E-state index contributed by atoms with van der Waals surface area (Å²) in [4.78, 5) is 21.4. The molecular weight excluding hydrogens is 236 g/mol. The van der Waals surface area contributed by atoms with E-state index in [0.717, 1.165) is 11.8 Å². The Morgan fingerprint density at radius 2 is 2.24 bits per heavy atom. The van der Waals surface area contributed by atoms with Crippen LogP contribution in [0, 0.1) is 0 Å². The van der Waals surface area contributed by atoms with Crippen molar-refractivity contribution in [2.45, 2.75) is 6.92 Å². The number of aldehydes is 1. The summed E-state index contributed by atoms with van der Waals surface area (Å²) < 4.78 is 5.18. The van der Waals surface area contributed by atoms with Gasteiger partial charge in [0.2, 0.25) is 0 Å². The van der Waals surface area contributed by atoms with Gasteiger partial charge in [-0.2, -0.15) is 0 Å². The lowest BCUT2D eigenvalue weighted by Crippen LogP contribution is -1.89. The number of benzene rings is 1. The molecule has 0 N–H and O–H groups in total. The summed E-state index contributed by atoms with van der Waals surface area (Å²) in [7, 11) is 1.58. The zero-order valence-electron chi connectivity index (χ0n) is 9.80. The largest absolute Gasteiger partial charge is 0.496 e. The third kappa shape index (κ3) is 4.44. The Balaban J connectivity index is 2.80. The van der Waals surface area contributed by atoms with Crippen molar-refractivity contribution in [1.82, 2.24) is 0 Å². The standard InChI is InChI=1S/C13H14O3S/c1-10(15)17-7-3-4-12-8-11(9-14)5-6-13(12)16-2/h3-6,8-9H,7H2,1-2H3. The van der Waals surface area contributed by atoms with E-state index in [1.165, 1.54) is 18.7 Å². The first-order valence-corrected chi connectivity index (χ1v) is 6.09. The van der Waals surface area contributed by atoms with Gasteiger partial charge < -0.3 is 4.74 Å².